The van der Waals surface area contributed by atoms with Gasteiger partial charge in [-0.3, -0.25) is 4.79 Å². The number of esters is 1. The molecule has 2 aliphatic rings. The first-order valence-electron chi connectivity index (χ1n) is 7.62. The summed E-state index contributed by atoms with van der Waals surface area (Å²) in [5, 5.41) is 0. The van der Waals surface area contributed by atoms with Gasteiger partial charge < -0.3 is 9.64 Å². The Bertz CT molecular complexity index is 347. The zero-order valence-corrected chi connectivity index (χ0v) is 12.1. The summed E-state index contributed by atoms with van der Waals surface area (Å²) in [5.41, 5.74) is -0.199. The lowest BCUT2D eigenvalue weighted by Crippen LogP contribution is -2.48. The quantitative estimate of drug-likeness (QED) is 0.735. The summed E-state index contributed by atoms with van der Waals surface area (Å²) < 4.78 is 5.10. The van der Waals surface area contributed by atoms with E-state index < -0.39 is 0 Å². The van der Waals surface area contributed by atoms with Gasteiger partial charge in [0.1, 0.15) is 6.04 Å². The molecule has 0 spiro atoms. The van der Waals surface area contributed by atoms with Gasteiger partial charge in [0.25, 0.3) is 0 Å². The van der Waals surface area contributed by atoms with Crippen molar-refractivity contribution in [2.24, 2.45) is 5.41 Å². The van der Waals surface area contributed by atoms with Crippen molar-refractivity contribution < 1.29 is 14.3 Å². The molecule has 19 heavy (non-hydrogen) atoms. The van der Waals surface area contributed by atoms with Crippen molar-refractivity contribution in [1.82, 2.24) is 4.90 Å². The Kier molecular flexibility index (Phi) is 4.48. The van der Waals surface area contributed by atoms with E-state index in [2.05, 4.69) is 6.92 Å². The molecule has 0 N–H and O–H groups in total. The Hall–Kier alpha value is -1.06. The van der Waals surface area contributed by atoms with E-state index in [1.54, 1.807) is 4.90 Å². The summed E-state index contributed by atoms with van der Waals surface area (Å²) in [4.78, 5) is 26.6. The van der Waals surface area contributed by atoms with Gasteiger partial charge in [0.15, 0.2) is 0 Å². The fraction of sp³-hybridized carbons (Fsp3) is 0.867. The number of hydrogen-bond acceptors (Lipinski definition) is 3. The van der Waals surface area contributed by atoms with Gasteiger partial charge >= 0.3 is 5.97 Å². The van der Waals surface area contributed by atoms with Crippen molar-refractivity contribution in [3.05, 3.63) is 0 Å². The molecule has 4 heteroatoms. The summed E-state index contributed by atoms with van der Waals surface area (Å²) in [6.45, 7) is 5.00. The lowest BCUT2D eigenvalue weighted by Gasteiger charge is -2.34. The predicted molar refractivity (Wildman–Crippen MR) is 72.6 cm³/mol. The molecule has 2 fully saturated rings. The molecule has 0 radical (unpaired) electrons. The number of carbonyl (C=O) groups excluding carboxylic acids is 2. The molecule has 1 aliphatic carbocycles. The van der Waals surface area contributed by atoms with Crippen LogP contribution in [0.2, 0.25) is 0 Å². The highest BCUT2D eigenvalue weighted by molar-refractivity contribution is 5.88. The SMILES string of the molecule is CCOC(=O)C1CCCN1C(=O)C1(CC)CCCC1. The maximum absolute atomic E-state index is 12.8. The first kappa shape index (κ1) is 14.4. The van der Waals surface area contributed by atoms with Crippen LogP contribution in [-0.4, -0.2) is 36.0 Å². The van der Waals surface area contributed by atoms with Crippen LogP contribution in [-0.2, 0) is 14.3 Å². The van der Waals surface area contributed by atoms with Gasteiger partial charge in [-0.25, -0.2) is 4.79 Å². The number of hydrogen-bond donors (Lipinski definition) is 0. The zero-order chi connectivity index (χ0) is 13.9. The third kappa shape index (κ3) is 2.63. The maximum Gasteiger partial charge on any atom is 0.328 e. The average molecular weight is 267 g/mol. The van der Waals surface area contributed by atoms with E-state index in [0.29, 0.717) is 13.2 Å². The standard InChI is InChI=1S/C15H25NO3/c1-3-15(9-5-6-10-15)14(18)16-11-7-8-12(16)13(17)19-4-2/h12H,3-11H2,1-2H3. The number of nitrogens with zero attached hydrogens (tertiary/aromatic N) is 1. The molecule has 1 amide bonds. The number of carbonyl (C=O) groups is 2. The van der Waals surface area contributed by atoms with Crippen LogP contribution in [0.15, 0.2) is 0 Å². The van der Waals surface area contributed by atoms with Crippen LogP contribution in [0.25, 0.3) is 0 Å². The third-order valence-electron chi connectivity index (χ3n) is 4.76. The smallest absolute Gasteiger partial charge is 0.328 e. The number of likely N-dealkylation sites (tertiary alicyclic amines) is 1. The Balaban J connectivity index is 2.11. The fourth-order valence-corrected chi connectivity index (χ4v) is 3.57. The minimum atomic E-state index is -0.337. The van der Waals surface area contributed by atoms with E-state index in [9.17, 15) is 9.59 Å². The zero-order valence-electron chi connectivity index (χ0n) is 12.1. The highest BCUT2D eigenvalue weighted by Gasteiger charge is 2.46. The van der Waals surface area contributed by atoms with Crippen molar-refractivity contribution in [2.75, 3.05) is 13.2 Å². The first-order chi connectivity index (χ1) is 9.14. The number of amides is 1. The lowest BCUT2D eigenvalue weighted by molar-refractivity contribution is -0.156. The van der Waals surface area contributed by atoms with Gasteiger partial charge in [0.2, 0.25) is 5.91 Å². The third-order valence-corrected chi connectivity index (χ3v) is 4.76. The topological polar surface area (TPSA) is 46.6 Å². The fourth-order valence-electron chi connectivity index (χ4n) is 3.57. The van der Waals surface area contributed by atoms with Crippen LogP contribution in [0, 0.1) is 5.41 Å². The van der Waals surface area contributed by atoms with Gasteiger partial charge in [-0.1, -0.05) is 19.8 Å². The molecular weight excluding hydrogens is 242 g/mol. The molecule has 1 atom stereocenters. The molecule has 1 unspecified atom stereocenters. The second-order valence-electron chi connectivity index (χ2n) is 5.75. The Morgan fingerprint density at radius 2 is 1.89 bits per heavy atom. The van der Waals surface area contributed by atoms with Crippen LogP contribution >= 0.6 is 0 Å². The molecule has 1 aliphatic heterocycles. The van der Waals surface area contributed by atoms with E-state index in [-0.39, 0.29) is 23.3 Å². The average Bonchev–Trinajstić information content (AvgIpc) is 3.08. The minimum absolute atomic E-state index is 0.197. The summed E-state index contributed by atoms with van der Waals surface area (Å²) in [7, 11) is 0. The Morgan fingerprint density at radius 3 is 2.47 bits per heavy atom. The first-order valence-corrected chi connectivity index (χ1v) is 7.62. The minimum Gasteiger partial charge on any atom is -0.464 e. The molecule has 0 aromatic carbocycles. The normalized spacial score (nSPS) is 25.6. The molecule has 108 valence electrons. The number of ether oxygens (including phenoxy) is 1. The van der Waals surface area contributed by atoms with Crippen LogP contribution < -0.4 is 0 Å². The molecule has 0 aromatic rings. The van der Waals surface area contributed by atoms with Crippen molar-refractivity contribution in [2.45, 2.75) is 64.8 Å². The van der Waals surface area contributed by atoms with Crippen molar-refractivity contribution >= 4 is 11.9 Å². The van der Waals surface area contributed by atoms with Crippen molar-refractivity contribution in [3.8, 4) is 0 Å². The molecule has 0 bridgehead atoms. The molecule has 2 rings (SSSR count). The van der Waals surface area contributed by atoms with Gasteiger partial charge in [-0.15, -0.1) is 0 Å². The highest BCUT2D eigenvalue weighted by Crippen LogP contribution is 2.43. The predicted octanol–water partition coefficient (Wildman–Crippen LogP) is 2.51. The second kappa shape index (κ2) is 5.93. The largest absolute Gasteiger partial charge is 0.464 e. The van der Waals surface area contributed by atoms with Gasteiger partial charge in [0, 0.05) is 12.0 Å². The molecule has 1 heterocycles. The summed E-state index contributed by atoms with van der Waals surface area (Å²) in [6.07, 6.45) is 6.79. The second-order valence-corrected chi connectivity index (χ2v) is 5.75. The van der Waals surface area contributed by atoms with E-state index in [1.807, 2.05) is 6.92 Å². The van der Waals surface area contributed by atoms with E-state index in [0.717, 1.165) is 44.9 Å². The van der Waals surface area contributed by atoms with Crippen LogP contribution in [0.5, 0.6) is 0 Å². The van der Waals surface area contributed by atoms with Crippen molar-refractivity contribution in [3.63, 3.8) is 0 Å². The highest BCUT2D eigenvalue weighted by atomic mass is 16.5. The number of rotatable bonds is 4. The molecular formula is C15H25NO3. The van der Waals surface area contributed by atoms with E-state index in [4.69, 9.17) is 4.74 Å². The van der Waals surface area contributed by atoms with Gasteiger partial charge in [-0.2, -0.15) is 0 Å². The monoisotopic (exact) mass is 267 g/mol. The Morgan fingerprint density at radius 1 is 1.21 bits per heavy atom. The summed E-state index contributed by atoms with van der Waals surface area (Å²) in [6, 6.07) is -0.337. The van der Waals surface area contributed by atoms with Gasteiger partial charge in [-0.05, 0) is 39.0 Å². The summed E-state index contributed by atoms with van der Waals surface area (Å²) >= 11 is 0. The van der Waals surface area contributed by atoms with E-state index >= 15 is 0 Å². The van der Waals surface area contributed by atoms with Gasteiger partial charge in [0.05, 0.1) is 6.61 Å². The molecule has 1 saturated carbocycles. The lowest BCUT2D eigenvalue weighted by atomic mass is 9.81. The molecule has 1 saturated heterocycles. The molecule has 4 nitrogen and oxygen atoms in total. The maximum atomic E-state index is 12.8. The van der Waals surface area contributed by atoms with Crippen LogP contribution in [0.4, 0.5) is 0 Å². The summed E-state index contributed by atoms with van der Waals surface area (Å²) in [5.74, 6) is -0.0272. The van der Waals surface area contributed by atoms with Crippen LogP contribution in [0.1, 0.15) is 58.8 Å². The van der Waals surface area contributed by atoms with Crippen molar-refractivity contribution in [1.29, 1.82) is 0 Å². The molecule has 0 aromatic heterocycles. The van der Waals surface area contributed by atoms with Crippen LogP contribution in [0.3, 0.4) is 0 Å². The Labute approximate surface area is 115 Å². The van der Waals surface area contributed by atoms with E-state index in [1.165, 1.54) is 0 Å².